The van der Waals surface area contributed by atoms with E-state index in [4.69, 9.17) is 15.9 Å². The van der Waals surface area contributed by atoms with E-state index in [1.165, 1.54) is 0 Å². The van der Waals surface area contributed by atoms with Gasteiger partial charge in [0.25, 0.3) is 6.01 Å². The molecule has 1 heterocycles. The predicted molar refractivity (Wildman–Crippen MR) is 63.6 cm³/mol. The Morgan fingerprint density at radius 3 is 2.75 bits per heavy atom. The Bertz CT molecular complexity index is 491. The van der Waals surface area contributed by atoms with E-state index >= 15 is 0 Å². The van der Waals surface area contributed by atoms with Crippen molar-refractivity contribution in [1.82, 2.24) is 4.98 Å². The van der Waals surface area contributed by atoms with Gasteiger partial charge in [0.15, 0.2) is 0 Å². The van der Waals surface area contributed by atoms with Crippen molar-refractivity contribution in [3.8, 4) is 11.3 Å². The minimum absolute atomic E-state index is 0.207. The van der Waals surface area contributed by atoms with Crippen LogP contribution in [0.1, 0.15) is 18.2 Å². The third-order valence-electron chi connectivity index (χ3n) is 2.53. The summed E-state index contributed by atoms with van der Waals surface area (Å²) in [4.78, 5) is 4.22. The van der Waals surface area contributed by atoms with Crippen molar-refractivity contribution in [1.29, 1.82) is 0 Å². The van der Waals surface area contributed by atoms with E-state index in [1.807, 2.05) is 31.2 Å². The summed E-state index contributed by atoms with van der Waals surface area (Å²) >= 11 is 0. The van der Waals surface area contributed by atoms with Crippen LogP contribution in [0.4, 0.5) is 6.01 Å². The van der Waals surface area contributed by atoms with Gasteiger partial charge in [-0.1, -0.05) is 31.2 Å². The van der Waals surface area contributed by atoms with Crippen LogP contribution in [0.5, 0.6) is 0 Å². The highest BCUT2D eigenvalue weighted by molar-refractivity contribution is 5.66. The smallest absolute Gasteiger partial charge is 0.292 e. The van der Waals surface area contributed by atoms with E-state index in [-0.39, 0.29) is 6.01 Å². The first-order valence-corrected chi connectivity index (χ1v) is 5.29. The highest BCUT2D eigenvalue weighted by Gasteiger charge is 2.14. The number of oxazole rings is 1. The highest BCUT2D eigenvalue weighted by Crippen LogP contribution is 2.28. The van der Waals surface area contributed by atoms with Crippen LogP contribution in [0.3, 0.4) is 0 Å². The van der Waals surface area contributed by atoms with E-state index in [0.717, 1.165) is 29.0 Å². The molecule has 0 aliphatic carbocycles. The number of nitrogen functional groups attached to an aromatic ring is 1. The third-order valence-corrected chi connectivity index (χ3v) is 2.53. The maximum Gasteiger partial charge on any atom is 0.292 e. The Morgan fingerprint density at radius 1 is 1.31 bits per heavy atom. The molecular formula is C12H15N3O. The topological polar surface area (TPSA) is 78.1 Å². The number of hydrogen-bond donors (Lipinski definition) is 2. The first kappa shape index (κ1) is 10.7. The molecular weight excluding hydrogens is 202 g/mol. The maximum absolute atomic E-state index is 5.70. The maximum atomic E-state index is 5.70. The molecule has 0 fully saturated rings. The van der Waals surface area contributed by atoms with Gasteiger partial charge in [-0.2, -0.15) is 4.98 Å². The molecule has 1 aromatic carbocycles. The molecule has 0 amide bonds. The highest BCUT2D eigenvalue weighted by atomic mass is 16.4. The van der Waals surface area contributed by atoms with Crippen LogP contribution in [-0.2, 0) is 13.0 Å². The number of nitrogens with zero attached hydrogens (tertiary/aromatic N) is 1. The Labute approximate surface area is 94.3 Å². The van der Waals surface area contributed by atoms with E-state index in [9.17, 15) is 0 Å². The van der Waals surface area contributed by atoms with Crippen LogP contribution >= 0.6 is 0 Å². The fourth-order valence-electron chi connectivity index (χ4n) is 1.75. The fraction of sp³-hybridized carbons (Fsp3) is 0.250. The summed E-state index contributed by atoms with van der Waals surface area (Å²) in [6.45, 7) is 2.49. The molecule has 1 aromatic heterocycles. The minimum atomic E-state index is 0.207. The van der Waals surface area contributed by atoms with Crippen LogP contribution in [0, 0.1) is 0 Å². The van der Waals surface area contributed by atoms with Crippen molar-refractivity contribution >= 4 is 6.01 Å². The Kier molecular flexibility index (Phi) is 2.92. The molecule has 4 nitrogen and oxygen atoms in total. The van der Waals surface area contributed by atoms with E-state index in [0.29, 0.717) is 6.54 Å². The molecule has 16 heavy (non-hydrogen) atoms. The van der Waals surface area contributed by atoms with Gasteiger partial charge in [-0.3, -0.25) is 0 Å². The van der Waals surface area contributed by atoms with Gasteiger partial charge >= 0.3 is 0 Å². The molecule has 0 aliphatic rings. The number of hydrogen-bond acceptors (Lipinski definition) is 4. The van der Waals surface area contributed by atoms with Crippen LogP contribution in [0.25, 0.3) is 11.3 Å². The number of rotatable bonds is 3. The van der Waals surface area contributed by atoms with E-state index in [2.05, 4.69) is 4.98 Å². The lowest BCUT2D eigenvalue weighted by Gasteiger charge is -2.05. The summed E-state index contributed by atoms with van der Waals surface area (Å²) < 4.78 is 5.34. The molecule has 0 saturated carbocycles. The molecule has 2 rings (SSSR count). The van der Waals surface area contributed by atoms with Crippen molar-refractivity contribution in [3.63, 3.8) is 0 Å². The number of anilines is 1. The first-order valence-electron chi connectivity index (χ1n) is 5.29. The van der Waals surface area contributed by atoms with Gasteiger partial charge in [0.1, 0.15) is 11.5 Å². The monoisotopic (exact) mass is 217 g/mol. The van der Waals surface area contributed by atoms with Crippen LogP contribution < -0.4 is 11.5 Å². The molecule has 0 unspecified atom stereocenters. The zero-order valence-corrected chi connectivity index (χ0v) is 9.23. The average molecular weight is 217 g/mol. The quantitative estimate of drug-likeness (QED) is 0.823. The number of nitrogens with two attached hydrogens (primary N) is 2. The van der Waals surface area contributed by atoms with Gasteiger partial charge in [0, 0.05) is 18.5 Å². The molecule has 0 aliphatic heterocycles. The standard InChI is InChI=1S/C12H15N3O/c1-2-10-11(15-12(14)16-10)9-6-4-3-5-8(9)7-13/h3-6H,2,7,13H2,1H3,(H2,14,15). The second kappa shape index (κ2) is 4.37. The largest absolute Gasteiger partial charge is 0.428 e. The molecule has 0 spiro atoms. The SMILES string of the molecule is CCc1oc(N)nc1-c1ccccc1CN. The summed E-state index contributed by atoms with van der Waals surface area (Å²) in [6, 6.07) is 8.09. The Morgan fingerprint density at radius 2 is 2.06 bits per heavy atom. The lowest BCUT2D eigenvalue weighted by molar-refractivity contribution is 0.530. The molecule has 0 saturated heterocycles. The number of aromatic nitrogens is 1. The van der Waals surface area contributed by atoms with Gasteiger partial charge in [-0.15, -0.1) is 0 Å². The van der Waals surface area contributed by atoms with Crippen molar-refractivity contribution in [2.24, 2.45) is 5.73 Å². The van der Waals surface area contributed by atoms with Gasteiger partial charge < -0.3 is 15.9 Å². The summed E-state index contributed by atoms with van der Waals surface area (Å²) in [5.41, 5.74) is 14.1. The van der Waals surface area contributed by atoms with Crippen LogP contribution in [-0.4, -0.2) is 4.98 Å². The molecule has 4 heteroatoms. The van der Waals surface area contributed by atoms with Crippen LogP contribution in [0.2, 0.25) is 0 Å². The minimum Gasteiger partial charge on any atom is -0.428 e. The molecule has 0 radical (unpaired) electrons. The van der Waals surface area contributed by atoms with Crippen molar-refractivity contribution in [2.45, 2.75) is 19.9 Å². The molecule has 0 bridgehead atoms. The first-order chi connectivity index (χ1) is 7.76. The van der Waals surface area contributed by atoms with E-state index in [1.54, 1.807) is 0 Å². The molecule has 0 atom stereocenters. The van der Waals surface area contributed by atoms with Gasteiger partial charge in [-0.25, -0.2) is 0 Å². The van der Waals surface area contributed by atoms with Gasteiger partial charge in [-0.05, 0) is 5.56 Å². The van der Waals surface area contributed by atoms with Crippen LogP contribution in [0.15, 0.2) is 28.7 Å². The Hall–Kier alpha value is -1.81. The van der Waals surface area contributed by atoms with E-state index < -0.39 is 0 Å². The zero-order valence-electron chi connectivity index (χ0n) is 9.23. The summed E-state index contributed by atoms with van der Waals surface area (Å²) in [6.07, 6.45) is 0.762. The van der Waals surface area contributed by atoms with Crippen molar-refractivity contribution in [3.05, 3.63) is 35.6 Å². The second-order valence-electron chi connectivity index (χ2n) is 3.54. The fourth-order valence-corrected chi connectivity index (χ4v) is 1.75. The summed E-state index contributed by atoms with van der Waals surface area (Å²) in [5, 5.41) is 0. The molecule has 84 valence electrons. The van der Waals surface area contributed by atoms with Gasteiger partial charge in [0.2, 0.25) is 0 Å². The summed E-state index contributed by atoms with van der Waals surface area (Å²) in [7, 11) is 0. The van der Waals surface area contributed by atoms with Crippen molar-refractivity contribution in [2.75, 3.05) is 5.73 Å². The molecule has 4 N–H and O–H groups in total. The predicted octanol–water partition coefficient (Wildman–Crippen LogP) is 1.94. The Balaban J connectivity index is 2.57. The average Bonchev–Trinajstić information content (AvgIpc) is 2.70. The van der Waals surface area contributed by atoms with Crippen molar-refractivity contribution < 1.29 is 4.42 Å². The third kappa shape index (κ3) is 1.79. The number of aryl methyl sites for hydroxylation is 1. The second-order valence-corrected chi connectivity index (χ2v) is 3.54. The lowest BCUT2D eigenvalue weighted by Crippen LogP contribution is -1.99. The zero-order chi connectivity index (χ0) is 11.5. The lowest BCUT2D eigenvalue weighted by atomic mass is 10.0. The number of benzene rings is 1. The van der Waals surface area contributed by atoms with Gasteiger partial charge in [0.05, 0.1) is 0 Å². The summed E-state index contributed by atoms with van der Waals surface area (Å²) in [5.74, 6) is 0.804. The normalized spacial score (nSPS) is 10.6. The molecule has 2 aromatic rings.